The largest absolute Gasteiger partial charge is 0.497 e. The van der Waals surface area contributed by atoms with Gasteiger partial charge in [-0.1, -0.05) is 0 Å². The smallest absolute Gasteiger partial charge is 0.251 e. The molecule has 3 aromatic rings. The molecule has 1 aliphatic rings. The van der Waals surface area contributed by atoms with Crippen LogP contribution in [0, 0.1) is 0 Å². The fraction of sp³-hybridized carbons (Fsp3) is 0.273. The number of hydrogen-bond donors (Lipinski definition) is 3. The Labute approximate surface area is 168 Å². The summed E-state index contributed by atoms with van der Waals surface area (Å²) in [6.45, 7) is 1.60. The predicted octanol–water partition coefficient (Wildman–Crippen LogP) is 2.67. The summed E-state index contributed by atoms with van der Waals surface area (Å²) in [4.78, 5) is 29.7. The van der Waals surface area contributed by atoms with Crippen molar-refractivity contribution in [3.05, 3.63) is 59.8 Å². The fourth-order valence-electron chi connectivity index (χ4n) is 3.95. The molecule has 0 saturated carbocycles. The number of aromatic amines is 1. The van der Waals surface area contributed by atoms with Crippen molar-refractivity contribution in [1.82, 2.24) is 10.3 Å². The molecule has 4 rings (SSSR count). The highest BCUT2D eigenvalue weighted by Gasteiger charge is 2.24. The minimum atomic E-state index is -0.452. The average Bonchev–Trinajstić information content (AvgIpc) is 3.23. The molecule has 1 fully saturated rings. The Morgan fingerprint density at radius 1 is 1.17 bits per heavy atom. The second-order valence-corrected chi connectivity index (χ2v) is 7.25. The van der Waals surface area contributed by atoms with Crippen LogP contribution in [0.15, 0.2) is 48.7 Å². The van der Waals surface area contributed by atoms with Gasteiger partial charge in [0, 0.05) is 42.0 Å². The van der Waals surface area contributed by atoms with E-state index in [4.69, 9.17) is 10.5 Å². The molecular formula is C22H24N4O3. The van der Waals surface area contributed by atoms with Crippen molar-refractivity contribution in [2.75, 3.05) is 25.1 Å². The van der Waals surface area contributed by atoms with Gasteiger partial charge in [0.1, 0.15) is 5.75 Å². The third kappa shape index (κ3) is 3.76. The van der Waals surface area contributed by atoms with Gasteiger partial charge < -0.3 is 25.7 Å². The van der Waals surface area contributed by atoms with Crippen LogP contribution in [-0.4, -0.2) is 43.0 Å². The van der Waals surface area contributed by atoms with E-state index in [1.807, 2.05) is 18.3 Å². The summed E-state index contributed by atoms with van der Waals surface area (Å²) in [7, 11) is 1.60. The second-order valence-electron chi connectivity index (χ2n) is 7.25. The Balaban J connectivity index is 1.50. The Bertz CT molecular complexity index is 1040. The summed E-state index contributed by atoms with van der Waals surface area (Å²) in [5.41, 5.74) is 8.37. The number of carbonyl (C=O) groups excluding carboxylic acids is 2. The zero-order chi connectivity index (χ0) is 20.4. The molecule has 0 aliphatic carbocycles. The zero-order valence-electron chi connectivity index (χ0n) is 16.3. The first kappa shape index (κ1) is 18.9. The highest BCUT2D eigenvalue weighted by molar-refractivity contribution is 6.08. The highest BCUT2D eigenvalue weighted by atomic mass is 16.5. The van der Waals surface area contributed by atoms with Crippen LogP contribution in [0.25, 0.3) is 10.9 Å². The Morgan fingerprint density at radius 2 is 1.97 bits per heavy atom. The lowest BCUT2D eigenvalue weighted by Gasteiger charge is -2.35. The fourth-order valence-corrected chi connectivity index (χ4v) is 3.95. The topological polar surface area (TPSA) is 100 Å². The Kier molecular flexibility index (Phi) is 5.12. The number of methoxy groups -OCH3 is 1. The summed E-state index contributed by atoms with van der Waals surface area (Å²) in [6, 6.07) is 12.8. The third-order valence-corrected chi connectivity index (χ3v) is 5.42. The number of H-pyrrole nitrogens is 1. The molecule has 29 heavy (non-hydrogen) atoms. The van der Waals surface area contributed by atoms with Crippen molar-refractivity contribution in [2.45, 2.75) is 18.9 Å². The van der Waals surface area contributed by atoms with Crippen molar-refractivity contribution in [2.24, 2.45) is 5.73 Å². The third-order valence-electron chi connectivity index (χ3n) is 5.42. The molecule has 2 heterocycles. The van der Waals surface area contributed by atoms with E-state index in [1.165, 1.54) is 0 Å². The first-order valence-electron chi connectivity index (χ1n) is 9.66. The number of anilines is 1. The van der Waals surface area contributed by atoms with E-state index in [0.29, 0.717) is 17.7 Å². The van der Waals surface area contributed by atoms with E-state index < -0.39 is 5.91 Å². The molecule has 1 aliphatic heterocycles. The summed E-state index contributed by atoms with van der Waals surface area (Å²) < 4.78 is 5.14. The molecule has 150 valence electrons. The van der Waals surface area contributed by atoms with Gasteiger partial charge in [-0.3, -0.25) is 9.59 Å². The quantitative estimate of drug-likeness (QED) is 0.621. The average molecular weight is 392 g/mol. The van der Waals surface area contributed by atoms with Gasteiger partial charge in [-0.2, -0.15) is 0 Å². The molecule has 1 saturated heterocycles. The number of nitrogens with one attached hydrogen (secondary N) is 2. The summed E-state index contributed by atoms with van der Waals surface area (Å²) >= 11 is 0. The molecule has 2 aromatic carbocycles. The van der Waals surface area contributed by atoms with Crippen LogP contribution in [0.2, 0.25) is 0 Å². The maximum atomic E-state index is 12.6. The molecule has 2 amide bonds. The number of hydrogen-bond acceptors (Lipinski definition) is 4. The van der Waals surface area contributed by atoms with Gasteiger partial charge in [0.05, 0.1) is 18.2 Å². The van der Waals surface area contributed by atoms with E-state index in [0.717, 1.165) is 41.7 Å². The minimum absolute atomic E-state index is 0.0446. The molecule has 0 radical (unpaired) electrons. The zero-order valence-corrected chi connectivity index (χ0v) is 16.3. The molecule has 7 nitrogen and oxygen atoms in total. The summed E-state index contributed by atoms with van der Waals surface area (Å²) in [5, 5.41) is 4.10. The first-order chi connectivity index (χ1) is 14.1. The number of nitrogens with two attached hydrogens (primary N) is 1. The number of carbonyl (C=O) groups is 2. The number of amides is 2. The van der Waals surface area contributed by atoms with Crippen LogP contribution >= 0.6 is 0 Å². The van der Waals surface area contributed by atoms with Gasteiger partial charge in [-0.25, -0.2) is 0 Å². The highest BCUT2D eigenvalue weighted by Crippen LogP contribution is 2.30. The van der Waals surface area contributed by atoms with Gasteiger partial charge in [-0.15, -0.1) is 0 Å². The maximum absolute atomic E-state index is 12.6. The maximum Gasteiger partial charge on any atom is 0.251 e. The standard InChI is InChI=1S/C22H24N4O3/c1-29-16-6-4-14(5-7-16)22(28)25-15-3-2-12-26(13-15)19-9-8-18(21(23)27)20-17(19)10-11-24-20/h4-11,15,24H,2-3,12-13H2,1H3,(H2,23,27)(H,25,28). The van der Waals surface area contributed by atoms with Crippen LogP contribution in [0.4, 0.5) is 5.69 Å². The van der Waals surface area contributed by atoms with Crippen LogP contribution in [-0.2, 0) is 0 Å². The van der Waals surface area contributed by atoms with Crippen LogP contribution in [0.1, 0.15) is 33.6 Å². The molecule has 7 heteroatoms. The SMILES string of the molecule is COc1ccc(C(=O)NC2CCCN(c3ccc(C(N)=O)c4[nH]ccc34)C2)cc1. The number of ether oxygens (including phenoxy) is 1. The van der Waals surface area contributed by atoms with E-state index in [-0.39, 0.29) is 11.9 Å². The molecule has 0 spiro atoms. The number of fused-ring (bicyclic) bond motifs is 1. The van der Waals surface area contributed by atoms with Crippen LogP contribution in [0.3, 0.4) is 0 Å². The summed E-state index contributed by atoms with van der Waals surface area (Å²) in [6.07, 6.45) is 3.71. The van der Waals surface area contributed by atoms with Gasteiger partial charge in [0.25, 0.3) is 11.8 Å². The molecular weight excluding hydrogens is 368 g/mol. The Morgan fingerprint density at radius 3 is 2.69 bits per heavy atom. The lowest BCUT2D eigenvalue weighted by atomic mass is 10.0. The van der Waals surface area contributed by atoms with Crippen molar-refractivity contribution < 1.29 is 14.3 Å². The van der Waals surface area contributed by atoms with E-state index >= 15 is 0 Å². The monoisotopic (exact) mass is 392 g/mol. The number of rotatable bonds is 5. The van der Waals surface area contributed by atoms with Crippen LogP contribution in [0.5, 0.6) is 5.75 Å². The first-order valence-corrected chi connectivity index (χ1v) is 9.66. The molecule has 1 unspecified atom stereocenters. The summed E-state index contributed by atoms with van der Waals surface area (Å²) in [5.74, 6) is 0.183. The number of benzene rings is 2. The van der Waals surface area contributed by atoms with Crippen molar-refractivity contribution >= 4 is 28.4 Å². The molecule has 4 N–H and O–H groups in total. The molecule has 1 aromatic heterocycles. The minimum Gasteiger partial charge on any atom is -0.497 e. The lowest BCUT2D eigenvalue weighted by Crippen LogP contribution is -2.47. The van der Waals surface area contributed by atoms with Crippen molar-refractivity contribution in [1.29, 1.82) is 0 Å². The van der Waals surface area contributed by atoms with Gasteiger partial charge >= 0.3 is 0 Å². The normalized spacial score (nSPS) is 16.6. The van der Waals surface area contributed by atoms with Gasteiger partial charge in [0.15, 0.2) is 0 Å². The number of primary amides is 1. The number of piperidine rings is 1. The molecule has 1 atom stereocenters. The number of aromatic nitrogens is 1. The number of nitrogens with zero attached hydrogens (tertiary/aromatic N) is 1. The van der Waals surface area contributed by atoms with Gasteiger partial charge in [0.2, 0.25) is 0 Å². The van der Waals surface area contributed by atoms with Crippen molar-refractivity contribution in [3.63, 3.8) is 0 Å². The van der Waals surface area contributed by atoms with E-state index in [9.17, 15) is 9.59 Å². The lowest BCUT2D eigenvalue weighted by molar-refractivity contribution is 0.0932. The Hall–Kier alpha value is -3.48. The van der Waals surface area contributed by atoms with Crippen molar-refractivity contribution in [3.8, 4) is 5.75 Å². The second kappa shape index (κ2) is 7.87. The predicted molar refractivity (Wildman–Crippen MR) is 113 cm³/mol. The molecule has 0 bridgehead atoms. The van der Waals surface area contributed by atoms with E-state index in [2.05, 4.69) is 15.2 Å². The van der Waals surface area contributed by atoms with E-state index in [1.54, 1.807) is 37.4 Å². The van der Waals surface area contributed by atoms with Crippen LogP contribution < -0.4 is 20.7 Å². The van der Waals surface area contributed by atoms with Gasteiger partial charge in [-0.05, 0) is 55.3 Å².